The summed E-state index contributed by atoms with van der Waals surface area (Å²) in [6.07, 6.45) is 4.63. The molecule has 0 radical (unpaired) electrons. The van der Waals surface area contributed by atoms with Gasteiger partial charge in [0.05, 0.1) is 29.0 Å². The lowest BCUT2D eigenvalue weighted by molar-refractivity contribution is -0.138. The fourth-order valence-electron chi connectivity index (χ4n) is 7.09. The van der Waals surface area contributed by atoms with Gasteiger partial charge in [-0.2, -0.15) is 11.3 Å². The van der Waals surface area contributed by atoms with Gasteiger partial charge in [-0.05, 0) is 78.4 Å². The van der Waals surface area contributed by atoms with Gasteiger partial charge >= 0.3 is 0 Å². The lowest BCUT2D eigenvalue weighted by atomic mass is 9.79. The van der Waals surface area contributed by atoms with Crippen LogP contribution in [0.4, 0.5) is 5.69 Å². The van der Waals surface area contributed by atoms with Crippen molar-refractivity contribution in [1.29, 1.82) is 0 Å². The summed E-state index contributed by atoms with van der Waals surface area (Å²) in [5.41, 5.74) is 5.90. The van der Waals surface area contributed by atoms with Crippen LogP contribution in [0.1, 0.15) is 71.5 Å². The number of para-hydroxylation sites is 1. The van der Waals surface area contributed by atoms with E-state index < -0.39 is 0 Å². The first kappa shape index (κ1) is 24.4. The van der Waals surface area contributed by atoms with Crippen LogP contribution in [0.25, 0.3) is 11.0 Å². The van der Waals surface area contributed by atoms with Gasteiger partial charge in [0, 0.05) is 29.8 Å². The SMILES string of the molecule is Cc1nc2cc(C(=O)N[C@@H]3CCCC[C@@H]3C(=O)N3CC[C@H]4[C@H](c5ccsc5)Nc5ccccc5[C@@H]43)ccc2[nH]1. The van der Waals surface area contributed by atoms with Crippen LogP contribution in [-0.4, -0.2) is 39.3 Å². The normalized spacial score (nSPS) is 26.1. The molecule has 2 aliphatic heterocycles. The molecule has 0 unspecified atom stereocenters. The predicted octanol–water partition coefficient (Wildman–Crippen LogP) is 5.98. The van der Waals surface area contributed by atoms with Crippen LogP contribution in [0.3, 0.4) is 0 Å². The van der Waals surface area contributed by atoms with Gasteiger partial charge in [0.25, 0.3) is 5.91 Å². The number of aryl methyl sites for hydroxylation is 1. The van der Waals surface area contributed by atoms with Gasteiger partial charge in [-0.1, -0.05) is 31.0 Å². The molecule has 2 aromatic carbocycles. The molecule has 0 bridgehead atoms. The first-order chi connectivity index (χ1) is 19.1. The zero-order valence-electron chi connectivity index (χ0n) is 22.0. The van der Waals surface area contributed by atoms with Crippen LogP contribution < -0.4 is 10.6 Å². The molecule has 1 aliphatic carbocycles. The molecular weight excluding hydrogens is 506 g/mol. The van der Waals surface area contributed by atoms with E-state index in [4.69, 9.17) is 0 Å². The van der Waals surface area contributed by atoms with E-state index >= 15 is 0 Å². The van der Waals surface area contributed by atoms with Gasteiger partial charge in [-0.15, -0.1) is 0 Å². The van der Waals surface area contributed by atoms with Crippen LogP contribution in [0, 0.1) is 18.8 Å². The highest BCUT2D eigenvalue weighted by Crippen LogP contribution is 2.52. The van der Waals surface area contributed by atoms with Gasteiger partial charge in [-0.3, -0.25) is 9.59 Å². The number of imidazole rings is 1. The van der Waals surface area contributed by atoms with Crippen molar-refractivity contribution in [2.45, 2.75) is 57.2 Å². The summed E-state index contributed by atoms with van der Waals surface area (Å²) in [4.78, 5) is 37.5. The van der Waals surface area contributed by atoms with Crippen molar-refractivity contribution in [3.8, 4) is 0 Å². The smallest absolute Gasteiger partial charge is 0.251 e. The number of amides is 2. The third-order valence-electron chi connectivity index (χ3n) is 8.91. The number of benzene rings is 2. The molecule has 7 rings (SSSR count). The second kappa shape index (κ2) is 9.83. The minimum Gasteiger partial charge on any atom is -0.378 e. The molecule has 1 saturated heterocycles. The molecule has 2 amide bonds. The number of carbonyl (C=O) groups is 2. The van der Waals surface area contributed by atoms with Gasteiger partial charge in [0.15, 0.2) is 0 Å². The number of nitrogens with one attached hydrogen (secondary N) is 3. The Balaban J connectivity index is 1.15. The Morgan fingerprint density at radius 3 is 2.82 bits per heavy atom. The molecule has 4 heterocycles. The Kier molecular flexibility index (Phi) is 6.15. The fourth-order valence-corrected chi connectivity index (χ4v) is 7.79. The summed E-state index contributed by atoms with van der Waals surface area (Å²) < 4.78 is 0. The summed E-state index contributed by atoms with van der Waals surface area (Å²) in [6.45, 7) is 2.65. The van der Waals surface area contributed by atoms with Crippen molar-refractivity contribution in [2.75, 3.05) is 11.9 Å². The Bertz CT molecular complexity index is 1530. The largest absolute Gasteiger partial charge is 0.378 e. The lowest BCUT2D eigenvalue weighted by Crippen LogP contribution is -2.50. The number of nitrogens with zero attached hydrogens (tertiary/aromatic N) is 2. The number of hydrogen-bond donors (Lipinski definition) is 3. The van der Waals surface area contributed by atoms with Gasteiger partial charge < -0.3 is 20.5 Å². The van der Waals surface area contributed by atoms with E-state index in [-0.39, 0.29) is 35.9 Å². The van der Waals surface area contributed by atoms with Crippen LogP contribution in [0.15, 0.2) is 59.3 Å². The van der Waals surface area contributed by atoms with Crippen molar-refractivity contribution < 1.29 is 9.59 Å². The van der Waals surface area contributed by atoms with Crippen molar-refractivity contribution in [3.63, 3.8) is 0 Å². The van der Waals surface area contributed by atoms with E-state index in [0.29, 0.717) is 11.5 Å². The zero-order valence-corrected chi connectivity index (χ0v) is 22.8. The van der Waals surface area contributed by atoms with Crippen LogP contribution in [-0.2, 0) is 4.79 Å². The predicted molar refractivity (Wildman–Crippen MR) is 154 cm³/mol. The molecule has 8 heteroatoms. The number of anilines is 1. The quantitative estimate of drug-likeness (QED) is 0.298. The van der Waals surface area contributed by atoms with Gasteiger partial charge in [0.2, 0.25) is 5.91 Å². The minimum atomic E-state index is -0.209. The Morgan fingerprint density at radius 1 is 1.08 bits per heavy atom. The summed E-state index contributed by atoms with van der Waals surface area (Å²) in [5.74, 6) is 0.988. The number of H-pyrrole nitrogens is 1. The van der Waals surface area contributed by atoms with Gasteiger partial charge in [0.1, 0.15) is 5.82 Å². The van der Waals surface area contributed by atoms with Crippen molar-refractivity contribution in [3.05, 3.63) is 81.8 Å². The highest BCUT2D eigenvalue weighted by molar-refractivity contribution is 7.08. The second-order valence-electron chi connectivity index (χ2n) is 11.2. The van der Waals surface area contributed by atoms with Crippen LogP contribution in [0.2, 0.25) is 0 Å². The molecule has 4 aromatic rings. The third-order valence-corrected chi connectivity index (χ3v) is 9.61. The number of aromatic nitrogens is 2. The van der Waals surface area contributed by atoms with Crippen molar-refractivity contribution in [1.82, 2.24) is 20.2 Å². The van der Waals surface area contributed by atoms with E-state index in [1.165, 1.54) is 11.1 Å². The summed E-state index contributed by atoms with van der Waals surface area (Å²) in [7, 11) is 0. The molecular formula is C31H33N5O2S. The molecule has 5 atom stereocenters. The van der Waals surface area contributed by atoms with E-state index in [0.717, 1.165) is 61.2 Å². The van der Waals surface area contributed by atoms with Crippen LogP contribution >= 0.6 is 11.3 Å². The summed E-state index contributed by atoms with van der Waals surface area (Å²) in [5, 5.41) is 11.4. The average molecular weight is 540 g/mol. The number of likely N-dealkylation sites (tertiary alicyclic amines) is 1. The number of fused-ring (bicyclic) bond motifs is 4. The summed E-state index contributed by atoms with van der Waals surface area (Å²) >= 11 is 1.72. The number of aromatic amines is 1. The maximum absolute atomic E-state index is 14.3. The Labute approximate surface area is 232 Å². The van der Waals surface area contributed by atoms with E-state index in [1.807, 2.05) is 25.1 Å². The molecule has 39 heavy (non-hydrogen) atoms. The molecule has 7 nitrogen and oxygen atoms in total. The standard InChI is InChI=1S/C31H33N5O2S/c1-18-32-26-11-10-19(16-27(26)33-18)30(37)35-25-9-5-3-7-22(25)31(38)36-14-12-23-28(20-13-15-39-17-20)34-24-8-4-2-6-21(24)29(23)36/h2,4,6,8,10-11,13,15-17,22-23,25,28-29,34H,3,5,7,9,12,14H2,1H3,(H,32,33)(H,35,37)/t22-,23-,25+,28-,29-/m0/s1. The van der Waals surface area contributed by atoms with E-state index in [1.54, 1.807) is 11.3 Å². The minimum absolute atomic E-state index is 0.0449. The number of carbonyl (C=O) groups excluding carboxylic acids is 2. The summed E-state index contributed by atoms with van der Waals surface area (Å²) in [6, 6.07) is 16.3. The molecule has 0 spiro atoms. The highest BCUT2D eigenvalue weighted by Gasteiger charge is 2.48. The maximum Gasteiger partial charge on any atom is 0.251 e. The number of rotatable bonds is 4. The first-order valence-electron chi connectivity index (χ1n) is 14.0. The molecule has 3 aliphatic rings. The zero-order chi connectivity index (χ0) is 26.5. The monoisotopic (exact) mass is 539 g/mol. The van der Waals surface area contributed by atoms with E-state index in [2.05, 4.69) is 66.6 Å². The molecule has 2 aromatic heterocycles. The Hall–Kier alpha value is -3.65. The van der Waals surface area contributed by atoms with Crippen LogP contribution in [0.5, 0.6) is 0 Å². The van der Waals surface area contributed by atoms with Gasteiger partial charge in [-0.25, -0.2) is 4.98 Å². The first-order valence-corrected chi connectivity index (χ1v) is 15.0. The Morgan fingerprint density at radius 2 is 1.95 bits per heavy atom. The van der Waals surface area contributed by atoms with E-state index in [9.17, 15) is 9.59 Å². The third kappa shape index (κ3) is 4.31. The van der Waals surface area contributed by atoms with Crippen molar-refractivity contribution in [2.24, 2.45) is 11.8 Å². The number of hydrogen-bond acceptors (Lipinski definition) is 5. The fraction of sp³-hybridized carbons (Fsp3) is 0.387. The lowest BCUT2D eigenvalue weighted by Gasteiger charge is -2.41. The maximum atomic E-state index is 14.3. The molecule has 3 N–H and O–H groups in total. The highest BCUT2D eigenvalue weighted by atomic mass is 32.1. The van der Waals surface area contributed by atoms with Crippen molar-refractivity contribution >= 4 is 39.9 Å². The molecule has 1 saturated carbocycles. The molecule has 2 fully saturated rings. The number of thiophene rings is 1. The molecule has 200 valence electrons. The topological polar surface area (TPSA) is 90.1 Å². The average Bonchev–Trinajstić information content (AvgIpc) is 3.71. The second-order valence-corrected chi connectivity index (χ2v) is 12.0.